The maximum atomic E-state index is 4.56. The van der Waals surface area contributed by atoms with Crippen molar-refractivity contribution in [3.63, 3.8) is 0 Å². The fourth-order valence-corrected chi connectivity index (χ4v) is 2.61. The normalized spacial score (nSPS) is 13.4. The van der Waals surface area contributed by atoms with Crippen LogP contribution in [0, 0.1) is 0 Å². The molecule has 0 unspecified atom stereocenters. The summed E-state index contributed by atoms with van der Waals surface area (Å²) in [6.07, 6.45) is 1.08. The standard InChI is InChI=1S/C10H10BrNS/c1-2-7(11)10-12-8-5-3-4-6-9(8)13-10/h3-7H,2H2,1H3/t7-/m1/s1. The molecule has 0 N–H and O–H groups in total. The minimum Gasteiger partial charge on any atom is -0.240 e. The molecule has 1 aromatic carbocycles. The molecule has 0 bridgehead atoms. The average molecular weight is 256 g/mol. The molecule has 0 saturated heterocycles. The molecular formula is C10H10BrNS. The zero-order chi connectivity index (χ0) is 9.26. The molecule has 1 heterocycles. The second-order valence-electron chi connectivity index (χ2n) is 2.90. The van der Waals surface area contributed by atoms with Crippen molar-refractivity contribution in [3.05, 3.63) is 29.3 Å². The van der Waals surface area contributed by atoms with Gasteiger partial charge >= 0.3 is 0 Å². The molecule has 13 heavy (non-hydrogen) atoms. The van der Waals surface area contributed by atoms with Crippen LogP contribution in [0.4, 0.5) is 0 Å². The van der Waals surface area contributed by atoms with Crippen LogP contribution >= 0.6 is 27.3 Å². The van der Waals surface area contributed by atoms with Gasteiger partial charge in [0.1, 0.15) is 5.01 Å². The lowest BCUT2D eigenvalue weighted by molar-refractivity contribution is 0.902. The smallest absolute Gasteiger partial charge is 0.107 e. The van der Waals surface area contributed by atoms with Crippen LogP contribution in [-0.4, -0.2) is 4.98 Å². The molecule has 2 aromatic rings. The molecule has 0 aliphatic heterocycles. The van der Waals surface area contributed by atoms with Crippen LogP contribution in [0.5, 0.6) is 0 Å². The Kier molecular flexibility index (Phi) is 2.65. The number of hydrogen-bond donors (Lipinski definition) is 0. The molecule has 1 nitrogen and oxygen atoms in total. The molecule has 0 saturated carbocycles. The highest BCUT2D eigenvalue weighted by Crippen LogP contribution is 2.32. The third kappa shape index (κ3) is 1.76. The number of para-hydroxylation sites is 1. The van der Waals surface area contributed by atoms with Gasteiger partial charge in [-0.05, 0) is 18.6 Å². The van der Waals surface area contributed by atoms with Crippen molar-refractivity contribution in [2.75, 3.05) is 0 Å². The Morgan fingerprint density at radius 3 is 2.92 bits per heavy atom. The van der Waals surface area contributed by atoms with E-state index in [-0.39, 0.29) is 0 Å². The lowest BCUT2D eigenvalue weighted by atomic mass is 10.3. The molecule has 68 valence electrons. The minimum absolute atomic E-state index is 0.407. The first-order valence-electron chi connectivity index (χ1n) is 4.31. The molecule has 1 aromatic heterocycles. The van der Waals surface area contributed by atoms with E-state index in [0.717, 1.165) is 11.9 Å². The summed E-state index contributed by atoms with van der Waals surface area (Å²) in [5, 5.41) is 1.18. The van der Waals surface area contributed by atoms with E-state index >= 15 is 0 Å². The Bertz CT molecular complexity index is 377. The van der Waals surface area contributed by atoms with Gasteiger partial charge in [0.15, 0.2) is 0 Å². The third-order valence-electron chi connectivity index (χ3n) is 1.94. The quantitative estimate of drug-likeness (QED) is 0.736. The summed E-state index contributed by atoms with van der Waals surface area (Å²) in [6, 6.07) is 8.26. The SMILES string of the molecule is CC[C@@H](Br)c1nc2ccccc2s1. The lowest BCUT2D eigenvalue weighted by Gasteiger charge is -1.98. The van der Waals surface area contributed by atoms with Gasteiger partial charge in [0, 0.05) is 0 Å². The van der Waals surface area contributed by atoms with Crippen LogP contribution in [0.25, 0.3) is 10.2 Å². The highest BCUT2D eigenvalue weighted by Gasteiger charge is 2.09. The van der Waals surface area contributed by atoms with Crippen molar-refractivity contribution in [3.8, 4) is 0 Å². The molecule has 1 atom stereocenters. The second kappa shape index (κ2) is 3.76. The molecule has 0 spiro atoms. The minimum atomic E-state index is 0.407. The van der Waals surface area contributed by atoms with Gasteiger partial charge in [0.2, 0.25) is 0 Å². The summed E-state index contributed by atoms with van der Waals surface area (Å²) in [7, 11) is 0. The van der Waals surface area contributed by atoms with E-state index in [9.17, 15) is 0 Å². The number of fused-ring (bicyclic) bond motifs is 1. The van der Waals surface area contributed by atoms with Gasteiger partial charge in [0.25, 0.3) is 0 Å². The number of benzene rings is 1. The summed E-state index contributed by atoms with van der Waals surface area (Å²) in [5.41, 5.74) is 1.11. The highest BCUT2D eigenvalue weighted by molar-refractivity contribution is 9.09. The average Bonchev–Trinajstić information content (AvgIpc) is 2.59. The van der Waals surface area contributed by atoms with Crippen molar-refractivity contribution in [2.45, 2.75) is 18.2 Å². The van der Waals surface area contributed by atoms with Crippen molar-refractivity contribution >= 4 is 37.5 Å². The zero-order valence-corrected chi connectivity index (χ0v) is 9.73. The Labute approximate surface area is 89.9 Å². The monoisotopic (exact) mass is 255 g/mol. The second-order valence-corrected chi connectivity index (χ2v) is 5.06. The van der Waals surface area contributed by atoms with E-state index in [0.29, 0.717) is 4.83 Å². The summed E-state index contributed by atoms with van der Waals surface area (Å²) in [5.74, 6) is 0. The predicted molar refractivity (Wildman–Crippen MR) is 61.6 cm³/mol. The first kappa shape index (κ1) is 9.16. The zero-order valence-electron chi connectivity index (χ0n) is 7.33. The predicted octanol–water partition coefficient (Wildman–Crippen LogP) is 4.14. The van der Waals surface area contributed by atoms with E-state index < -0.39 is 0 Å². The van der Waals surface area contributed by atoms with Gasteiger partial charge in [-0.15, -0.1) is 11.3 Å². The van der Waals surface area contributed by atoms with Crippen molar-refractivity contribution in [1.82, 2.24) is 4.98 Å². The molecule has 0 aliphatic carbocycles. The van der Waals surface area contributed by atoms with E-state index in [2.05, 4.69) is 46.0 Å². The van der Waals surface area contributed by atoms with Crippen LogP contribution in [0.3, 0.4) is 0 Å². The molecular weight excluding hydrogens is 246 g/mol. The molecule has 0 radical (unpaired) electrons. The lowest BCUT2D eigenvalue weighted by Crippen LogP contribution is -1.83. The van der Waals surface area contributed by atoms with E-state index in [4.69, 9.17) is 0 Å². The number of nitrogens with zero attached hydrogens (tertiary/aromatic N) is 1. The highest BCUT2D eigenvalue weighted by atomic mass is 79.9. The van der Waals surface area contributed by atoms with Gasteiger partial charge in [0.05, 0.1) is 15.0 Å². The Hall–Kier alpha value is -0.410. The number of aromatic nitrogens is 1. The maximum Gasteiger partial charge on any atom is 0.107 e. The van der Waals surface area contributed by atoms with Crippen LogP contribution in [0.2, 0.25) is 0 Å². The Morgan fingerprint density at radius 2 is 2.23 bits per heavy atom. The van der Waals surface area contributed by atoms with Crippen LogP contribution in [-0.2, 0) is 0 Å². The van der Waals surface area contributed by atoms with Gasteiger partial charge in [-0.1, -0.05) is 35.0 Å². The number of thiazole rings is 1. The largest absolute Gasteiger partial charge is 0.240 e. The summed E-state index contributed by atoms with van der Waals surface area (Å²) in [6.45, 7) is 2.16. The van der Waals surface area contributed by atoms with Gasteiger partial charge in [-0.2, -0.15) is 0 Å². The fraction of sp³-hybridized carbons (Fsp3) is 0.300. The molecule has 0 amide bonds. The molecule has 0 aliphatic rings. The van der Waals surface area contributed by atoms with Crippen LogP contribution < -0.4 is 0 Å². The number of hydrogen-bond acceptors (Lipinski definition) is 2. The summed E-state index contributed by atoms with van der Waals surface area (Å²) < 4.78 is 1.27. The van der Waals surface area contributed by atoms with Crippen molar-refractivity contribution in [2.24, 2.45) is 0 Å². The number of halogens is 1. The van der Waals surface area contributed by atoms with Crippen LogP contribution in [0.15, 0.2) is 24.3 Å². The van der Waals surface area contributed by atoms with Gasteiger partial charge in [-0.25, -0.2) is 4.98 Å². The molecule has 3 heteroatoms. The summed E-state index contributed by atoms with van der Waals surface area (Å²) >= 11 is 5.38. The topological polar surface area (TPSA) is 12.9 Å². The molecule has 2 rings (SSSR count). The molecule has 0 fully saturated rings. The van der Waals surface area contributed by atoms with E-state index in [1.807, 2.05) is 6.07 Å². The first-order chi connectivity index (χ1) is 6.31. The van der Waals surface area contributed by atoms with Crippen LogP contribution in [0.1, 0.15) is 23.2 Å². The fourth-order valence-electron chi connectivity index (χ4n) is 1.20. The number of rotatable bonds is 2. The maximum absolute atomic E-state index is 4.56. The Morgan fingerprint density at radius 1 is 1.46 bits per heavy atom. The van der Waals surface area contributed by atoms with Gasteiger partial charge in [-0.3, -0.25) is 0 Å². The number of alkyl halides is 1. The Balaban J connectivity index is 2.49. The van der Waals surface area contributed by atoms with Crippen molar-refractivity contribution in [1.29, 1.82) is 0 Å². The van der Waals surface area contributed by atoms with E-state index in [1.54, 1.807) is 11.3 Å². The van der Waals surface area contributed by atoms with Crippen molar-refractivity contribution < 1.29 is 0 Å². The van der Waals surface area contributed by atoms with Gasteiger partial charge < -0.3 is 0 Å². The summed E-state index contributed by atoms with van der Waals surface area (Å²) in [4.78, 5) is 4.96. The third-order valence-corrected chi connectivity index (χ3v) is 4.47. The van der Waals surface area contributed by atoms with E-state index in [1.165, 1.54) is 9.71 Å². The first-order valence-corrected chi connectivity index (χ1v) is 6.04.